The predicted molar refractivity (Wildman–Crippen MR) is 190 cm³/mol. The third kappa shape index (κ3) is 7.93. The lowest BCUT2D eigenvalue weighted by Gasteiger charge is -2.28. The molecule has 3 aliphatic carbocycles. The van der Waals surface area contributed by atoms with Gasteiger partial charge in [-0.05, 0) is 75.3 Å². The summed E-state index contributed by atoms with van der Waals surface area (Å²) in [5.74, 6) is -4.01. The highest BCUT2D eigenvalue weighted by atomic mass is 35.5. The molecule has 0 saturated heterocycles. The fourth-order valence-electron chi connectivity index (χ4n) is 7.32. The molecule has 2 aromatic heterocycles. The van der Waals surface area contributed by atoms with Crippen LogP contribution in [0.15, 0.2) is 59.6 Å². The number of carbonyl (C=O) groups is 1. The summed E-state index contributed by atoms with van der Waals surface area (Å²) in [6, 6.07) is 4.09. The van der Waals surface area contributed by atoms with Crippen LogP contribution in [0.5, 0.6) is 0 Å². The van der Waals surface area contributed by atoms with Crippen molar-refractivity contribution in [3.8, 4) is 11.8 Å². The number of nitrogens with two attached hydrogens (primary N) is 1. The minimum atomic E-state index is -5.09. The maximum absolute atomic E-state index is 15.4. The number of rotatable bonds is 9. The van der Waals surface area contributed by atoms with Crippen molar-refractivity contribution in [3.63, 3.8) is 0 Å². The number of aliphatic hydroxyl groups is 1. The van der Waals surface area contributed by atoms with Crippen LogP contribution >= 0.6 is 11.6 Å². The zero-order valence-electron chi connectivity index (χ0n) is 29.9. The van der Waals surface area contributed by atoms with Crippen molar-refractivity contribution in [2.24, 2.45) is 11.1 Å². The lowest BCUT2D eigenvalue weighted by Crippen LogP contribution is -2.37. The molecule has 3 heterocycles. The number of alkyl halides is 6. The quantitative estimate of drug-likeness (QED) is 0.105. The molecule has 1 aliphatic heterocycles. The zero-order valence-corrected chi connectivity index (χ0v) is 31.5. The Morgan fingerprint density at radius 1 is 1.18 bits per heavy atom. The van der Waals surface area contributed by atoms with Crippen molar-refractivity contribution in [1.29, 1.82) is 0 Å². The lowest BCUT2D eigenvalue weighted by molar-refractivity contribution is -0.142. The monoisotopic (exact) mass is 840 g/mol. The Balaban J connectivity index is 1.37. The van der Waals surface area contributed by atoms with E-state index in [-0.39, 0.29) is 51.6 Å². The Morgan fingerprint density at radius 2 is 1.86 bits per heavy atom. The average Bonchev–Trinajstić information content (AvgIpc) is 3.52. The van der Waals surface area contributed by atoms with Gasteiger partial charge in [0.2, 0.25) is 5.91 Å². The van der Waals surface area contributed by atoms with Gasteiger partial charge >= 0.3 is 6.18 Å². The van der Waals surface area contributed by atoms with Gasteiger partial charge in [0.25, 0.3) is 16.1 Å². The van der Waals surface area contributed by atoms with E-state index in [1.807, 2.05) is 0 Å². The van der Waals surface area contributed by atoms with Crippen LogP contribution in [0.3, 0.4) is 0 Å². The van der Waals surface area contributed by atoms with Crippen LogP contribution in [0.25, 0.3) is 5.57 Å². The van der Waals surface area contributed by atoms with E-state index < -0.39 is 98.1 Å². The van der Waals surface area contributed by atoms with Crippen LogP contribution in [-0.2, 0) is 40.1 Å². The van der Waals surface area contributed by atoms with E-state index >= 15 is 8.78 Å². The number of benzene rings is 1. The van der Waals surface area contributed by atoms with Crippen molar-refractivity contribution in [3.05, 3.63) is 111 Å². The van der Waals surface area contributed by atoms with Crippen molar-refractivity contribution in [1.82, 2.24) is 35.7 Å². The van der Waals surface area contributed by atoms with Gasteiger partial charge < -0.3 is 10.4 Å². The Hall–Kier alpha value is -5.10. The van der Waals surface area contributed by atoms with Gasteiger partial charge in [0.15, 0.2) is 5.69 Å². The van der Waals surface area contributed by atoms with Gasteiger partial charge in [-0.3, -0.25) is 25.1 Å². The molecule has 0 radical (unpaired) electrons. The fraction of sp³-hybridized carbons (Fsp3) is 0.361. The number of nitrogens with one attached hydrogen (secondary N) is 4. The summed E-state index contributed by atoms with van der Waals surface area (Å²) in [4.78, 5) is 17.2. The number of halogens is 8. The van der Waals surface area contributed by atoms with Gasteiger partial charge in [-0.1, -0.05) is 18.1 Å². The van der Waals surface area contributed by atoms with Crippen LogP contribution in [0.4, 0.5) is 30.7 Å². The van der Waals surface area contributed by atoms with Gasteiger partial charge in [-0.15, -0.1) is 11.6 Å². The first-order valence-corrected chi connectivity index (χ1v) is 19.0. The van der Waals surface area contributed by atoms with Crippen molar-refractivity contribution >= 4 is 33.3 Å². The molecule has 1 aromatic carbocycles. The molecule has 1 amide bonds. The molecule has 4 atom stereocenters. The molecule has 302 valence electrons. The molecule has 7 rings (SSSR count). The van der Waals surface area contributed by atoms with Crippen LogP contribution < -0.4 is 26.0 Å². The number of aromatic nitrogens is 3. The van der Waals surface area contributed by atoms with Gasteiger partial charge in [-0.2, -0.15) is 35.5 Å². The second-order valence-electron chi connectivity index (χ2n) is 14.7. The first kappa shape index (κ1) is 40.1. The largest absolute Gasteiger partial charge is 0.435 e. The van der Waals surface area contributed by atoms with Crippen molar-refractivity contribution < 1.29 is 49.1 Å². The highest BCUT2D eigenvalue weighted by Crippen LogP contribution is 2.68. The number of hydrogen-bond acceptors (Lipinski definition) is 8. The van der Waals surface area contributed by atoms with E-state index in [0.717, 1.165) is 12.1 Å². The maximum Gasteiger partial charge on any atom is 0.435 e. The number of pyridine rings is 1. The normalized spacial score (nSPS) is 22.5. The first-order chi connectivity index (χ1) is 26.3. The molecule has 4 aliphatic rings. The second-order valence-corrected chi connectivity index (χ2v) is 16.8. The summed E-state index contributed by atoms with van der Waals surface area (Å²) in [6.07, 6.45) is -2.62. The van der Waals surface area contributed by atoms with Crippen molar-refractivity contribution in [2.75, 3.05) is 0 Å². The molecule has 1 unspecified atom stereocenters. The van der Waals surface area contributed by atoms with Gasteiger partial charge in [0.05, 0.1) is 22.3 Å². The molecule has 3 aromatic rings. The number of hydrogen-bond donors (Lipinski definition) is 6. The van der Waals surface area contributed by atoms with Crippen LogP contribution in [-0.4, -0.2) is 44.7 Å². The molecule has 1 saturated carbocycles. The smallest absolute Gasteiger partial charge is 0.378 e. The lowest BCUT2D eigenvalue weighted by atomic mass is 9.85. The average molecular weight is 841 g/mol. The molecule has 7 N–H and O–H groups in total. The third-order valence-corrected chi connectivity index (χ3v) is 10.4. The van der Waals surface area contributed by atoms with E-state index in [4.69, 9.17) is 16.7 Å². The first-order valence-electron chi connectivity index (χ1n) is 17.1. The molecule has 0 spiro atoms. The molecule has 0 bridgehead atoms. The Kier molecular flexibility index (Phi) is 9.50. The van der Waals surface area contributed by atoms with E-state index in [1.54, 1.807) is 13.0 Å². The van der Waals surface area contributed by atoms with E-state index in [9.17, 15) is 40.3 Å². The number of nitrogens with zero attached hydrogens (tertiary/aromatic N) is 3. The second kappa shape index (κ2) is 13.5. The summed E-state index contributed by atoms with van der Waals surface area (Å²) >= 11 is 6.79. The highest BCUT2D eigenvalue weighted by Gasteiger charge is 2.68. The predicted octanol–water partition coefficient (Wildman–Crippen LogP) is 4.40. The summed E-state index contributed by atoms with van der Waals surface area (Å²) < 4.78 is 128. The molecule has 1 fully saturated rings. The number of carbonyl (C=O) groups excluding carboxylic acids is 1. The SMILES string of the molecule is CC(C)(O)C#Cc1ccc(C2=C3NNC(NS(N)(=O)=O)=C3C(C)(Cl)C=C2)c([C@H](Cc2cc(F)cc(F)c2)NC(=O)Cn2nc(C(F)(F)F)c3c2C(F)(F)[C@@H]2C[C@H]32)n1. The molecule has 12 nitrogen and oxygen atoms in total. The Bertz CT molecular complexity index is 2480. The van der Waals surface area contributed by atoms with Crippen molar-refractivity contribution in [2.45, 2.75) is 74.7 Å². The fourth-order valence-corrected chi connectivity index (χ4v) is 8.01. The Morgan fingerprint density at radius 3 is 2.49 bits per heavy atom. The minimum absolute atomic E-state index is 0.0180. The number of allylic oxidation sites excluding steroid dienone is 4. The molecular weight excluding hydrogens is 809 g/mol. The molecule has 21 heteroatoms. The highest BCUT2D eigenvalue weighted by molar-refractivity contribution is 7.87. The Labute approximate surface area is 325 Å². The van der Waals surface area contributed by atoms with Crippen LogP contribution in [0.2, 0.25) is 0 Å². The summed E-state index contributed by atoms with van der Waals surface area (Å²) in [5, 5.41) is 21.5. The van der Waals surface area contributed by atoms with Gasteiger partial charge in [0.1, 0.15) is 41.0 Å². The van der Waals surface area contributed by atoms with Gasteiger partial charge in [0, 0.05) is 34.3 Å². The topological polar surface area (TPSA) is 176 Å². The minimum Gasteiger partial charge on any atom is -0.378 e. The summed E-state index contributed by atoms with van der Waals surface area (Å²) in [5.41, 5.74) is 1.64. The summed E-state index contributed by atoms with van der Waals surface area (Å²) in [7, 11) is -4.32. The summed E-state index contributed by atoms with van der Waals surface area (Å²) in [6.45, 7) is 3.26. The third-order valence-electron chi connectivity index (χ3n) is 9.61. The van der Waals surface area contributed by atoms with E-state index in [1.165, 1.54) is 32.1 Å². The van der Waals surface area contributed by atoms with E-state index in [2.05, 4.69) is 42.8 Å². The van der Waals surface area contributed by atoms with Crippen LogP contribution in [0, 0.1) is 29.4 Å². The molecule has 57 heavy (non-hydrogen) atoms. The van der Waals surface area contributed by atoms with Gasteiger partial charge in [-0.25, -0.2) is 18.9 Å². The standard InChI is InChI=1S/C36H32ClF7N8O4S/c1-33(2,54)8-6-19-4-5-20(21-7-9-34(3,37)27-29(21)48-49-32(27)51-57(45,55)56)28(46-19)24(12-16-10-17(38)13-18(39)11-16)47-25(53)15-52-31-26(30(50-52)36(42,43)44)22-14-23(22)35(31,40)41/h4-5,7,9-11,13,22-24,48-49,51,54H,12,14-15H2,1-3H3,(H,47,53)(H2,45,55,56)/t22-,23+,24-,34?/m0/s1. The zero-order chi connectivity index (χ0) is 41.6. The van der Waals surface area contributed by atoms with Crippen LogP contribution in [0.1, 0.15) is 78.6 Å². The number of fused-ring (bicyclic) bond motifs is 4. The molecular formula is C36H32ClF7N8O4S. The van der Waals surface area contributed by atoms with E-state index in [0.29, 0.717) is 10.7 Å². The number of amides is 1. The maximum atomic E-state index is 15.4. The number of hydrazine groups is 1.